The Morgan fingerprint density at radius 1 is 0.302 bits per heavy atom. The first kappa shape index (κ1) is 35.6. The van der Waals surface area contributed by atoms with Crippen molar-refractivity contribution in [2.45, 2.75) is 0 Å². The first-order valence-corrected chi connectivity index (χ1v) is 22.0. The van der Waals surface area contributed by atoms with Gasteiger partial charge in [0.25, 0.3) is 0 Å². The van der Waals surface area contributed by atoms with Crippen molar-refractivity contribution in [2.24, 2.45) is 0 Å². The number of nitrogens with zero attached hydrogens (tertiary/aromatic N) is 5. The summed E-state index contributed by atoms with van der Waals surface area (Å²) in [5, 5.41) is 7.62. The molecule has 4 heterocycles. The molecule has 6 heteroatoms. The fraction of sp³-hybridized carbons (Fsp3) is 0. The van der Waals surface area contributed by atoms with Crippen molar-refractivity contribution in [3.8, 4) is 56.7 Å². The highest BCUT2D eigenvalue weighted by Gasteiger charge is 2.20. The van der Waals surface area contributed by atoms with E-state index in [0.717, 1.165) is 39.2 Å². The Kier molecular flexibility index (Phi) is 8.01. The monoisotopic (exact) mass is 821 g/mol. The van der Waals surface area contributed by atoms with Crippen molar-refractivity contribution in [1.82, 2.24) is 24.1 Å². The molecule has 0 atom stereocenters. The van der Waals surface area contributed by atoms with E-state index in [4.69, 9.17) is 15.0 Å². The number of thiophene rings is 1. The van der Waals surface area contributed by atoms with Crippen LogP contribution in [-0.2, 0) is 0 Å². The minimum Gasteiger partial charge on any atom is -0.309 e. The molecule has 0 aliphatic carbocycles. The van der Waals surface area contributed by atoms with Crippen LogP contribution in [0.1, 0.15) is 0 Å². The summed E-state index contributed by atoms with van der Waals surface area (Å²) in [7, 11) is 0. The SMILES string of the molecule is c1ccc(-c2nc(-c3ccccc3)nc(-c3ccc(-c4ccc(-n5c6ccccc6c6cc(-n7c8ccccc8c8ccc9c%10ccccc%10sc9c87)ccc65)cc4)cc3)n2)cc1. The predicted octanol–water partition coefficient (Wildman–Crippen LogP) is 15.1. The maximum Gasteiger partial charge on any atom is 0.164 e. The first-order chi connectivity index (χ1) is 31.2. The van der Waals surface area contributed by atoms with Gasteiger partial charge in [-0.1, -0.05) is 164 Å². The molecule has 0 unspecified atom stereocenters. The third-order valence-electron chi connectivity index (χ3n) is 12.4. The summed E-state index contributed by atoms with van der Waals surface area (Å²) in [6.45, 7) is 0. The van der Waals surface area contributed by atoms with Crippen molar-refractivity contribution in [3.63, 3.8) is 0 Å². The molecule has 0 aliphatic rings. The summed E-state index contributed by atoms with van der Waals surface area (Å²) in [6.07, 6.45) is 0. The second-order valence-corrected chi connectivity index (χ2v) is 17.1. The van der Waals surface area contributed by atoms with Crippen LogP contribution in [0.2, 0.25) is 0 Å². The van der Waals surface area contributed by atoms with E-state index < -0.39 is 0 Å². The van der Waals surface area contributed by atoms with Gasteiger partial charge in [-0.15, -0.1) is 11.3 Å². The van der Waals surface area contributed by atoms with Crippen LogP contribution in [-0.4, -0.2) is 24.1 Å². The van der Waals surface area contributed by atoms with Crippen LogP contribution < -0.4 is 0 Å². The zero-order valence-electron chi connectivity index (χ0n) is 33.9. The van der Waals surface area contributed by atoms with Crippen molar-refractivity contribution in [3.05, 3.63) is 212 Å². The van der Waals surface area contributed by atoms with Crippen molar-refractivity contribution >= 4 is 75.1 Å². The van der Waals surface area contributed by atoms with Gasteiger partial charge in [-0.2, -0.15) is 0 Å². The third kappa shape index (κ3) is 5.73. The highest BCUT2D eigenvalue weighted by atomic mass is 32.1. The number of fused-ring (bicyclic) bond motifs is 10. The number of benzene rings is 9. The Labute approximate surface area is 366 Å². The zero-order valence-corrected chi connectivity index (χ0v) is 34.7. The lowest BCUT2D eigenvalue weighted by molar-refractivity contribution is 1.07. The summed E-state index contributed by atoms with van der Waals surface area (Å²) in [5.41, 5.74) is 12.2. The summed E-state index contributed by atoms with van der Waals surface area (Å²) in [4.78, 5) is 14.7. The molecule has 5 nitrogen and oxygen atoms in total. The molecular weight excluding hydrogens is 787 g/mol. The maximum absolute atomic E-state index is 4.93. The van der Waals surface area contributed by atoms with Gasteiger partial charge in [0.2, 0.25) is 0 Å². The van der Waals surface area contributed by atoms with E-state index in [0.29, 0.717) is 17.5 Å². The third-order valence-corrected chi connectivity index (χ3v) is 13.6. The summed E-state index contributed by atoms with van der Waals surface area (Å²) >= 11 is 1.89. The smallest absolute Gasteiger partial charge is 0.164 e. The van der Waals surface area contributed by atoms with E-state index in [9.17, 15) is 0 Å². The summed E-state index contributed by atoms with van der Waals surface area (Å²) < 4.78 is 7.52. The lowest BCUT2D eigenvalue weighted by Gasteiger charge is -2.12. The van der Waals surface area contributed by atoms with Gasteiger partial charge in [0.1, 0.15) is 0 Å². The lowest BCUT2D eigenvalue weighted by Crippen LogP contribution is -2.00. The normalized spacial score (nSPS) is 11.8. The van der Waals surface area contributed by atoms with Gasteiger partial charge in [0.05, 0.1) is 26.8 Å². The van der Waals surface area contributed by atoms with E-state index in [1.165, 1.54) is 63.8 Å². The maximum atomic E-state index is 4.93. The lowest BCUT2D eigenvalue weighted by atomic mass is 10.0. The summed E-state index contributed by atoms with van der Waals surface area (Å²) in [6, 6.07) is 75.6. The fourth-order valence-electron chi connectivity index (χ4n) is 9.43. The number of hydrogen-bond acceptors (Lipinski definition) is 4. The molecule has 294 valence electrons. The largest absolute Gasteiger partial charge is 0.309 e. The van der Waals surface area contributed by atoms with Crippen LogP contribution in [0, 0.1) is 0 Å². The minimum atomic E-state index is 0.644. The molecular formula is C57H35N5S. The summed E-state index contributed by atoms with van der Waals surface area (Å²) in [5.74, 6) is 1.95. The van der Waals surface area contributed by atoms with E-state index >= 15 is 0 Å². The highest BCUT2D eigenvalue weighted by molar-refractivity contribution is 7.26. The van der Waals surface area contributed by atoms with E-state index in [1.807, 2.05) is 72.0 Å². The van der Waals surface area contributed by atoms with E-state index in [2.05, 4.69) is 161 Å². The fourth-order valence-corrected chi connectivity index (χ4v) is 10.7. The number of para-hydroxylation sites is 2. The van der Waals surface area contributed by atoms with E-state index in [-0.39, 0.29) is 0 Å². The predicted molar refractivity (Wildman–Crippen MR) is 263 cm³/mol. The van der Waals surface area contributed by atoms with Crippen molar-refractivity contribution in [1.29, 1.82) is 0 Å². The molecule has 63 heavy (non-hydrogen) atoms. The second kappa shape index (κ2) is 14.2. The van der Waals surface area contributed by atoms with Crippen LogP contribution >= 0.6 is 11.3 Å². The van der Waals surface area contributed by atoms with Crippen LogP contribution in [0.4, 0.5) is 0 Å². The van der Waals surface area contributed by atoms with Gasteiger partial charge in [0, 0.05) is 65.1 Å². The molecule has 0 aliphatic heterocycles. The zero-order chi connectivity index (χ0) is 41.4. The molecule has 0 saturated carbocycles. The Hall–Kier alpha value is -8.19. The Morgan fingerprint density at radius 2 is 0.762 bits per heavy atom. The molecule has 0 radical (unpaired) electrons. The van der Waals surface area contributed by atoms with Gasteiger partial charge in [0.15, 0.2) is 17.5 Å². The molecule has 0 spiro atoms. The highest BCUT2D eigenvalue weighted by Crippen LogP contribution is 2.44. The van der Waals surface area contributed by atoms with Gasteiger partial charge < -0.3 is 9.13 Å². The first-order valence-electron chi connectivity index (χ1n) is 21.2. The number of aromatic nitrogens is 5. The van der Waals surface area contributed by atoms with Crippen LogP contribution in [0.3, 0.4) is 0 Å². The van der Waals surface area contributed by atoms with Crippen molar-refractivity contribution in [2.75, 3.05) is 0 Å². The number of hydrogen-bond donors (Lipinski definition) is 0. The number of rotatable bonds is 6. The van der Waals surface area contributed by atoms with Crippen LogP contribution in [0.15, 0.2) is 212 Å². The van der Waals surface area contributed by atoms with Gasteiger partial charge in [-0.05, 0) is 59.7 Å². The molecule has 9 aromatic carbocycles. The molecule has 13 aromatic rings. The molecule has 0 fully saturated rings. The van der Waals surface area contributed by atoms with Gasteiger partial charge in [-0.25, -0.2) is 15.0 Å². The molecule has 0 amide bonds. The second-order valence-electron chi connectivity index (χ2n) is 16.0. The Morgan fingerprint density at radius 3 is 1.41 bits per heavy atom. The molecule has 0 N–H and O–H groups in total. The van der Waals surface area contributed by atoms with E-state index in [1.54, 1.807) is 0 Å². The van der Waals surface area contributed by atoms with Crippen molar-refractivity contribution < 1.29 is 0 Å². The van der Waals surface area contributed by atoms with Gasteiger partial charge >= 0.3 is 0 Å². The average Bonchev–Trinajstić information content (AvgIpc) is 4.02. The Balaban J connectivity index is 0.886. The van der Waals surface area contributed by atoms with Gasteiger partial charge in [-0.3, -0.25) is 0 Å². The average molecular weight is 822 g/mol. The standard InChI is InChI=1S/C57H35N5S/c1-3-13-38(14-4-1)55-58-56(39-15-5-2-6-16-39)60-57(59-55)40-25-23-36(24-26-40)37-27-29-41(30-28-37)61-49-20-10-8-18-44(49)48-35-42(31-34-51(48)61)62-50-21-11-7-17-43(50)46-32-33-47-45-19-9-12-22-52(45)63-54(47)53(46)62/h1-35H. The molecule has 13 rings (SSSR count). The minimum absolute atomic E-state index is 0.644. The topological polar surface area (TPSA) is 48.5 Å². The van der Waals surface area contributed by atoms with Crippen LogP contribution in [0.25, 0.3) is 120 Å². The molecule has 4 aromatic heterocycles. The Bertz CT molecular complexity index is 3820. The molecule has 0 bridgehead atoms. The van der Waals surface area contributed by atoms with Crippen LogP contribution in [0.5, 0.6) is 0 Å². The quantitative estimate of drug-likeness (QED) is 0.168. The molecule has 0 saturated heterocycles.